The maximum Gasteiger partial charge on any atom is 0.133 e. The summed E-state index contributed by atoms with van der Waals surface area (Å²) in [6.45, 7) is 0. The Labute approximate surface area is 134 Å². The number of rotatable bonds is 2. The average Bonchev–Trinajstić information content (AvgIpc) is 2.46. The maximum absolute atomic E-state index is 8.97. The summed E-state index contributed by atoms with van der Waals surface area (Å²) in [7, 11) is 0. The van der Waals surface area contributed by atoms with Crippen molar-refractivity contribution in [2.75, 3.05) is 5.32 Å². The number of nitriles is 1. The van der Waals surface area contributed by atoms with E-state index in [1.165, 1.54) is 6.07 Å². The molecule has 3 rings (SSSR count). The molecule has 0 aliphatic carbocycles. The molecular formula is C15H8BrClN4. The van der Waals surface area contributed by atoms with Crippen molar-refractivity contribution in [3.8, 4) is 6.07 Å². The van der Waals surface area contributed by atoms with E-state index < -0.39 is 0 Å². The molecule has 3 aromatic rings. The number of hydrogen-bond donors (Lipinski definition) is 1. The van der Waals surface area contributed by atoms with Crippen molar-refractivity contribution >= 4 is 49.9 Å². The summed E-state index contributed by atoms with van der Waals surface area (Å²) >= 11 is 9.31. The van der Waals surface area contributed by atoms with Crippen LogP contribution in [-0.2, 0) is 0 Å². The van der Waals surface area contributed by atoms with Crippen LogP contribution in [0.1, 0.15) is 5.56 Å². The van der Waals surface area contributed by atoms with E-state index in [0.29, 0.717) is 11.4 Å². The normalized spacial score (nSPS) is 10.3. The summed E-state index contributed by atoms with van der Waals surface area (Å²) in [4.78, 5) is 8.57. The molecule has 102 valence electrons. The Morgan fingerprint density at radius 2 is 2.10 bits per heavy atom. The van der Waals surface area contributed by atoms with Crippen LogP contribution >= 0.6 is 27.5 Å². The molecule has 0 aliphatic rings. The molecule has 21 heavy (non-hydrogen) atoms. The molecule has 2 heterocycles. The Morgan fingerprint density at radius 3 is 2.90 bits per heavy atom. The van der Waals surface area contributed by atoms with Crippen LogP contribution in [-0.4, -0.2) is 9.97 Å². The number of fused-ring (bicyclic) bond motifs is 1. The molecule has 0 amide bonds. The van der Waals surface area contributed by atoms with E-state index >= 15 is 0 Å². The molecule has 1 aromatic carbocycles. The van der Waals surface area contributed by atoms with Crippen molar-refractivity contribution in [3.05, 3.63) is 57.8 Å². The summed E-state index contributed by atoms with van der Waals surface area (Å²) < 4.78 is 0.916. The second-order valence-corrected chi connectivity index (χ2v) is 5.63. The molecule has 0 atom stereocenters. The summed E-state index contributed by atoms with van der Waals surface area (Å²) in [6, 6.07) is 13.0. The smallest absolute Gasteiger partial charge is 0.133 e. The number of pyridine rings is 2. The van der Waals surface area contributed by atoms with Gasteiger partial charge in [0.15, 0.2) is 0 Å². The van der Waals surface area contributed by atoms with Gasteiger partial charge in [0.05, 0.1) is 22.8 Å². The van der Waals surface area contributed by atoms with Gasteiger partial charge < -0.3 is 5.32 Å². The highest BCUT2D eigenvalue weighted by Crippen LogP contribution is 2.26. The van der Waals surface area contributed by atoms with E-state index in [2.05, 4.69) is 37.3 Å². The minimum absolute atomic E-state index is 0.271. The van der Waals surface area contributed by atoms with Crippen LogP contribution in [0, 0.1) is 11.3 Å². The Balaban J connectivity index is 2.06. The number of halogens is 2. The van der Waals surface area contributed by atoms with Gasteiger partial charge in [0, 0.05) is 16.1 Å². The lowest BCUT2D eigenvalue weighted by Gasteiger charge is -2.09. The first kappa shape index (κ1) is 13.8. The van der Waals surface area contributed by atoms with E-state index in [1.54, 1.807) is 12.3 Å². The standard InChI is InChI=1S/C15H8BrClN4/c16-11-6-10-2-1-3-12(15(10)19-8-11)20-14-5-9(7-18)4-13(17)21-14/h1-6,8H,(H,20,21). The molecule has 0 saturated heterocycles. The summed E-state index contributed by atoms with van der Waals surface area (Å²) in [6.07, 6.45) is 1.74. The number of para-hydroxylation sites is 1. The van der Waals surface area contributed by atoms with Crippen LogP contribution in [0.4, 0.5) is 11.5 Å². The monoisotopic (exact) mass is 358 g/mol. The van der Waals surface area contributed by atoms with Gasteiger partial charge in [-0.3, -0.25) is 4.98 Å². The number of hydrogen-bond acceptors (Lipinski definition) is 4. The van der Waals surface area contributed by atoms with Crippen molar-refractivity contribution in [2.45, 2.75) is 0 Å². The molecule has 1 N–H and O–H groups in total. The van der Waals surface area contributed by atoms with Crippen molar-refractivity contribution < 1.29 is 0 Å². The molecule has 0 spiro atoms. The number of benzene rings is 1. The lowest BCUT2D eigenvalue weighted by Crippen LogP contribution is -1.96. The quantitative estimate of drug-likeness (QED) is 0.676. The van der Waals surface area contributed by atoms with Gasteiger partial charge in [-0.1, -0.05) is 23.7 Å². The van der Waals surface area contributed by atoms with E-state index in [4.69, 9.17) is 16.9 Å². The zero-order valence-electron chi connectivity index (χ0n) is 10.6. The maximum atomic E-state index is 8.97. The lowest BCUT2D eigenvalue weighted by atomic mass is 10.2. The molecule has 6 heteroatoms. The van der Waals surface area contributed by atoms with Crippen LogP contribution in [0.3, 0.4) is 0 Å². The summed E-state index contributed by atoms with van der Waals surface area (Å²) in [5, 5.41) is 13.4. The van der Waals surface area contributed by atoms with Crippen LogP contribution in [0.2, 0.25) is 5.15 Å². The first-order valence-electron chi connectivity index (χ1n) is 6.05. The molecule has 0 saturated carbocycles. The zero-order valence-corrected chi connectivity index (χ0v) is 13.0. The third-order valence-electron chi connectivity index (χ3n) is 2.86. The SMILES string of the molecule is N#Cc1cc(Cl)nc(Nc2cccc3cc(Br)cnc23)c1. The molecule has 0 unspecified atom stereocenters. The minimum Gasteiger partial charge on any atom is -0.338 e. The van der Waals surface area contributed by atoms with E-state index in [9.17, 15) is 0 Å². The fraction of sp³-hybridized carbons (Fsp3) is 0. The zero-order chi connectivity index (χ0) is 14.8. The van der Waals surface area contributed by atoms with Crippen LogP contribution in [0.5, 0.6) is 0 Å². The predicted molar refractivity (Wildman–Crippen MR) is 86.7 cm³/mol. The van der Waals surface area contributed by atoms with Crippen molar-refractivity contribution in [1.82, 2.24) is 9.97 Å². The highest BCUT2D eigenvalue weighted by Gasteiger charge is 2.06. The Bertz CT molecular complexity index is 873. The topological polar surface area (TPSA) is 61.6 Å². The average molecular weight is 360 g/mol. The van der Waals surface area contributed by atoms with Crippen LogP contribution in [0.15, 0.2) is 47.1 Å². The molecule has 4 nitrogen and oxygen atoms in total. The first-order chi connectivity index (χ1) is 10.2. The second-order valence-electron chi connectivity index (χ2n) is 4.33. The minimum atomic E-state index is 0.271. The van der Waals surface area contributed by atoms with Gasteiger partial charge in [0.2, 0.25) is 0 Å². The van der Waals surface area contributed by atoms with Crippen molar-refractivity contribution in [2.24, 2.45) is 0 Å². The first-order valence-corrected chi connectivity index (χ1v) is 7.22. The second kappa shape index (κ2) is 5.68. The fourth-order valence-corrected chi connectivity index (χ4v) is 2.56. The van der Waals surface area contributed by atoms with Gasteiger partial charge in [-0.25, -0.2) is 4.98 Å². The van der Waals surface area contributed by atoms with Crippen molar-refractivity contribution in [3.63, 3.8) is 0 Å². The van der Waals surface area contributed by atoms with Crippen molar-refractivity contribution in [1.29, 1.82) is 5.26 Å². The van der Waals surface area contributed by atoms with Gasteiger partial charge in [0.25, 0.3) is 0 Å². The Kier molecular flexibility index (Phi) is 3.74. The third-order valence-corrected chi connectivity index (χ3v) is 3.49. The number of nitrogens with one attached hydrogen (secondary N) is 1. The fourth-order valence-electron chi connectivity index (χ4n) is 2.00. The third kappa shape index (κ3) is 2.97. The highest BCUT2D eigenvalue weighted by molar-refractivity contribution is 9.10. The molecular weight excluding hydrogens is 352 g/mol. The molecule has 0 fully saturated rings. The number of nitrogens with zero attached hydrogens (tertiary/aromatic N) is 3. The van der Waals surface area contributed by atoms with E-state index in [0.717, 1.165) is 21.1 Å². The molecule has 0 radical (unpaired) electrons. The van der Waals surface area contributed by atoms with Gasteiger partial charge >= 0.3 is 0 Å². The predicted octanol–water partition coefficient (Wildman–Crippen LogP) is 4.66. The molecule has 2 aromatic heterocycles. The highest BCUT2D eigenvalue weighted by atomic mass is 79.9. The molecule has 0 bridgehead atoms. The lowest BCUT2D eigenvalue weighted by molar-refractivity contribution is 1.29. The van der Waals surface area contributed by atoms with Crippen LogP contribution in [0.25, 0.3) is 10.9 Å². The van der Waals surface area contributed by atoms with Gasteiger partial charge in [-0.15, -0.1) is 0 Å². The van der Waals surface area contributed by atoms with E-state index in [-0.39, 0.29) is 5.15 Å². The Morgan fingerprint density at radius 1 is 1.24 bits per heavy atom. The summed E-state index contributed by atoms with van der Waals surface area (Å²) in [5.74, 6) is 0.510. The van der Waals surface area contributed by atoms with Gasteiger partial charge in [-0.05, 0) is 40.2 Å². The number of aromatic nitrogens is 2. The summed E-state index contributed by atoms with van der Waals surface area (Å²) in [5.41, 5.74) is 2.08. The largest absolute Gasteiger partial charge is 0.338 e. The molecule has 0 aliphatic heterocycles. The van der Waals surface area contributed by atoms with Gasteiger partial charge in [-0.2, -0.15) is 5.26 Å². The van der Waals surface area contributed by atoms with Crippen LogP contribution < -0.4 is 5.32 Å². The Hall–Kier alpha value is -2.16. The number of anilines is 2. The van der Waals surface area contributed by atoms with Gasteiger partial charge in [0.1, 0.15) is 11.0 Å². The van der Waals surface area contributed by atoms with E-state index in [1.807, 2.05) is 24.3 Å².